The van der Waals surface area contributed by atoms with Crippen LogP contribution in [0.15, 0.2) is 0 Å². The zero-order valence-electron chi connectivity index (χ0n) is 11.6. The van der Waals surface area contributed by atoms with Crippen LogP contribution in [0.3, 0.4) is 0 Å². The third-order valence-electron chi connectivity index (χ3n) is 4.01. The molecule has 2 unspecified atom stereocenters. The van der Waals surface area contributed by atoms with Crippen LogP contribution in [0, 0.1) is 5.92 Å². The van der Waals surface area contributed by atoms with E-state index in [-0.39, 0.29) is 0 Å². The molecule has 1 N–H and O–H groups in total. The van der Waals surface area contributed by atoms with Crippen molar-refractivity contribution in [2.45, 2.75) is 65.0 Å². The molecule has 1 rings (SSSR count). The predicted octanol–water partition coefficient (Wildman–Crippen LogP) is 2.89. The van der Waals surface area contributed by atoms with Crippen LogP contribution in [-0.4, -0.2) is 37.1 Å². The Morgan fingerprint density at radius 3 is 2.50 bits per heavy atom. The van der Waals surface area contributed by atoms with Crippen molar-refractivity contribution in [2.24, 2.45) is 5.92 Å². The van der Waals surface area contributed by atoms with Gasteiger partial charge in [0.05, 0.1) is 0 Å². The number of nitrogens with zero attached hydrogens (tertiary/aromatic N) is 1. The van der Waals surface area contributed by atoms with Gasteiger partial charge in [0.25, 0.3) is 0 Å². The fourth-order valence-electron chi connectivity index (χ4n) is 2.33. The number of rotatable bonds is 8. The third kappa shape index (κ3) is 4.84. The number of likely N-dealkylation sites (N-methyl/N-ethyl adjacent to an activating group) is 1. The summed E-state index contributed by atoms with van der Waals surface area (Å²) >= 11 is 0. The number of hydrogen-bond acceptors (Lipinski definition) is 2. The maximum atomic E-state index is 3.63. The van der Waals surface area contributed by atoms with Gasteiger partial charge in [-0.15, -0.1) is 0 Å². The summed E-state index contributed by atoms with van der Waals surface area (Å²) in [6, 6.07) is 1.34. The molecule has 2 atom stereocenters. The Morgan fingerprint density at radius 2 is 2.00 bits per heavy atom. The van der Waals surface area contributed by atoms with E-state index in [4.69, 9.17) is 0 Å². The number of nitrogens with one attached hydrogen (secondary N) is 1. The molecule has 0 spiro atoms. The Bertz CT molecular complexity index is 178. The van der Waals surface area contributed by atoms with Crippen LogP contribution in [0.2, 0.25) is 0 Å². The molecule has 0 bridgehead atoms. The van der Waals surface area contributed by atoms with Gasteiger partial charge < -0.3 is 10.2 Å². The van der Waals surface area contributed by atoms with Crippen molar-refractivity contribution in [3.05, 3.63) is 0 Å². The monoisotopic (exact) mass is 226 g/mol. The molecule has 2 nitrogen and oxygen atoms in total. The first kappa shape index (κ1) is 14.0. The maximum Gasteiger partial charge on any atom is 0.0189 e. The summed E-state index contributed by atoms with van der Waals surface area (Å²) in [6.45, 7) is 9.31. The normalized spacial score (nSPS) is 20.8. The predicted molar refractivity (Wildman–Crippen MR) is 71.8 cm³/mol. The lowest BCUT2D eigenvalue weighted by Crippen LogP contribution is -2.43. The lowest BCUT2D eigenvalue weighted by molar-refractivity contribution is 0.165. The van der Waals surface area contributed by atoms with Gasteiger partial charge in [0, 0.05) is 25.2 Å². The molecular formula is C14H30N2. The fraction of sp³-hybridized carbons (Fsp3) is 1.00. The molecule has 16 heavy (non-hydrogen) atoms. The second-order valence-corrected chi connectivity index (χ2v) is 5.68. The largest absolute Gasteiger partial charge is 0.313 e. The zero-order chi connectivity index (χ0) is 12.0. The first-order valence-corrected chi connectivity index (χ1v) is 7.07. The SMILES string of the molecule is CCCC(C)NCC(C)N(C)CC1CCC1. The minimum atomic E-state index is 0.667. The molecule has 0 aromatic carbocycles. The van der Waals surface area contributed by atoms with Crippen molar-refractivity contribution in [3.63, 3.8) is 0 Å². The Kier molecular flexibility index (Phi) is 6.37. The molecule has 0 radical (unpaired) electrons. The van der Waals surface area contributed by atoms with Gasteiger partial charge in [-0.25, -0.2) is 0 Å². The summed E-state index contributed by atoms with van der Waals surface area (Å²) in [5.41, 5.74) is 0. The van der Waals surface area contributed by atoms with E-state index < -0.39 is 0 Å². The summed E-state index contributed by atoms with van der Waals surface area (Å²) in [5, 5.41) is 3.63. The summed E-state index contributed by atoms with van der Waals surface area (Å²) in [7, 11) is 2.27. The highest BCUT2D eigenvalue weighted by molar-refractivity contribution is 4.76. The van der Waals surface area contributed by atoms with E-state index in [2.05, 4.69) is 38.0 Å². The van der Waals surface area contributed by atoms with Crippen molar-refractivity contribution in [1.29, 1.82) is 0 Å². The van der Waals surface area contributed by atoms with Gasteiger partial charge in [-0.05, 0) is 46.1 Å². The van der Waals surface area contributed by atoms with Gasteiger partial charge in [0.1, 0.15) is 0 Å². The summed E-state index contributed by atoms with van der Waals surface area (Å²) in [4.78, 5) is 2.52. The minimum Gasteiger partial charge on any atom is -0.313 e. The Balaban J connectivity index is 2.09. The van der Waals surface area contributed by atoms with Crippen LogP contribution in [0.1, 0.15) is 52.9 Å². The van der Waals surface area contributed by atoms with Crippen molar-refractivity contribution >= 4 is 0 Å². The lowest BCUT2D eigenvalue weighted by Gasteiger charge is -2.34. The standard InChI is InChI=1S/C14H30N2/c1-5-7-12(2)15-10-13(3)16(4)11-14-8-6-9-14/h12-15H,5-11H2,1-4H3. The molecule has 1 aliphatic rings. The first-order chi connectivity index (χ1) is 7.63. The summed E-state index contributed by atoms with van der Waals surface area (Å²) < 4.78 is 0. The fourth-order valence-corrected chi connectivity index (χ4v) is 2.33. The first-order valence-electron chi connectivity index (χ1n) is 7.07. The molecule has 96 valence electrons. The van der Waals surface area contributed by atoms with Crippen molar-refractivity contribution in [2.75, 3.05) is 20.1 Å². The molecular weight excluding hydrogens is 196 g/mol. The molecule has 1 saturated carbocycles. The molecule has 0 aromatic rings. The second-order valence-electron chi connectivity index (χ2n) is 5.68. The van der Waals surface area contributed by atoms with E-state index in [9.17, 15) is 0 Å². The van der Waals surface area contributed by atoms with Crippen molar-refractivity contribution in [3.8, 4) is 0 Å². The van der Waals surface area contributed by atoms with Crippen molar-refractivity contribution < 1.29 is 0 Å². The van der Waals surface area contributed by atoms with Crippen LogP contribution in [0.5, 0.6) is 0 Å². The molecule has 0 heterocycles. The molecule has 1 fully saturated rings. The van der Waals surface area contributed by atoms with Crippen LogP contribution >= 0.6 is 0 Å². The molecule has 0 aromatic heterocycles. The Labute approximate surface area is 102 Å². The van der Waals surface area contributed by atoms with E-state index in [1.807, 2.05) is 0 Å². The molecule has 0 aliphatic heterocycles. The van der Waals surface area contributed by atoms with Gasteiger partial charge in [-0.2, -0.15) is 0 Å². The van der Waals surface area contributed by atoms with Crippen LogP contribution in [0.25, 0.3) is 0 Å². The summed E-state index contributed by atoms with van der Waals surface area (Å²) in [5.74, 6) is 0.987. The van der Waals surface area contributed by atoms with E-state index in [0.29, 0.717) is 12.1 Å². The quantitative estimate of drug-likeness (QED) is 0.684. The zero-order valence-corrected chi connectivity index (χ0v) is 11.6. The maximum absolute atomic E-state index is 3.63. The van der Waals surface area contributed by atoms with Gasteiger partial charge in [0.15, 0.2) is 0 Å². The average Bonchev–Trinajstić information content (AvgIpc) is 2.20. The minimum absolute atomic E-state index is 0.667. The summed E-state index contributed by atoms with van der Waals surface area (Å²) in [6.07, 6.45) is 6.94. The third-order valence-corrected chi connectivity index (χ3v) is 4.01. The highest BCUT2D eigenvalue weighted by Gasteiger charge is 2.21. The highest BCUT2D eigenvalue weighted by Crippen LogP contribution is 2.27. The van der Waals surface area contributed by atoms with Gasteiger partial charge >= 0.3 is 0 Å². The van der Waals surface area contributed by atoms with Gasteiger partial charge in [-0.3, -0.25) is 0 Å². The van der Waals surface area contributed by atoms with Gasteiger partial charge in [0.2, 0.25) is 0 Å². The van der Waals surface area contributed by atoms with Crippen LogP contribution in [-0.2, 0) is 0 Å². The van der Waals surface area contributed by atoms with Gasteiger partial charge in [-0.1, -0.05) is 19.8 Å². The second kappa shape index (κ2) is 7.29. The Morgan fingerprint density at radius 1 is 1.31 bits per heavy atom. The van der Waals surface area contributed by atoms with E-state index in [1.165, 1.54) is 38.6 Å². The molecule has 0 amide bonds. The highest BCUT2D eigenvalue weighted by atomic mass is 15.1. The van der Waals surface area contributed by atoms with Crippen molar-refractivity contribution in [1.82, 2.24) is 10.2 Å². The lowest BCUT2D eigenvalue weighted by atomic mass is 9.85. The molecule has 0 saturated heterocycles. The molecule has 2 heteroatoms. The average molecular weight is 226 g/mol. The Hall–Kier alpha value is -0.0800. The van der Waals surface area contributed by atoms with Crippen LogP contribution < -0.4 is 5.32 Å². The van der Waals surface area contributed by atoms with E-state index in [1.54, 1.807) is 0 Å². The topological polar surface area (TPSA) is 15.3 Å². The van der Waals surface area contributed by atoms with E-state index >= 15 is 0 Å². The molecule has 1 aliphatic carbocycles. The van der Waals surface area contributed by atoms with Crippen LogP contribution in [0.4, 0.5) is 0 Å². The number of hydrogen-bond donors (Lipinski definition) is 1. The smallest absolute Gasteiger partial charge is 0.0189 e. The van der Waals surface area contributed by atoms with E-state index in [0.717, 1.165) is 12.5 Å².